The molecule has 1 aliphatic heterocycles. The fourth-order valence-electron chi connectivity index (χ4n) is 3.43. The van der Waals surface area contributed by atoms with Gasteiger partial charge in [0.05, 0.1) is 26.2 Å². The lowest BCUT2D eigenvalue weighted by molar-refractivity contribution is -0.115. The smallest absolute Gasteiger partial charge is 0.255 e. The fourth-order valence-corrected chi connectivity index (χ4v) is 5.36. The Morgan fingerprint density at radius 1 is 1.10 bits per heavy atom. The van der Waals surface area contributed by atoms with Crippen LogP contribution in [0.1, 0.15) is 27.9 Å². The maximum absolute atomic E-state index is 12.7. The molecule has 1 atom stereocenters. The molecule has 154 valence electrons. The summed E-state index contributed by atoms with van der Waals surface area (Å²) in [6.07, 6.45) is 0.758. The molecule has 0 saturated heterocycles. The first-order chi connectivity index (χ1) is 15.0. The highest BCUT2D eigenvalue weighted by Crippen LogP contribution is 2.36. The van der Waals surface area contributed by atoms with Gasteiger partial charge in [0.25, 0.3) is 5.91 Å². The van der Waals surface area contributed by atoms with Crippen LogP contribution in [0.4, 0.5) is 11.4 Å². The van der Waals surface area contributed by atoms with E-state index in [-0.39, 0.29) is 17.1 Å². The molecule has 2 heterocycles. The van der Waals surface area contributed by atoms with Gasteiger partial charge >= 0.3 is 0 Å². The third kappa shape index (κ3) is 4.19. The summed E-state index contributed by atoms with van der Waals surface area (Å²) in [6.45, 7) is 1.87. The van der Waals surface area contributed by atoms with Gasteiger partial charge < -0.3 is 10.6 Å². The minimum absolute atomic E-state index is 0.0428. The first-order valence-electron chi connectivity index (χ1n) is 9.91. The SMILES string of the molecule is C[C@H]1Sc2ccc(C(=O)Nc3ccc(Cc4nc5ccccc5s4)cc3)cc2NC1=O. The van der Waals surface area contributed by atoms with Crippen LogP contribution in [-0.2, 0) is 11.2 Å². The number of hydrogen-bond donors (Lipinski definition) is 2. The van der Waals surface area contributed by atoms with E-state index in [0.717, 1.165) is 33.1 Å². The molecule has 5 nitrogen and oxygen atoms in total. The van der Waals surface area contributed by atoms with E-state index in [1.165, 1.54) is 16.5 Å². The van der Waals surface area contributed by atoms with Crippen LogP contribution in [0.5, 0.6) is 0 Å². The molecule has 5 rings (SSSR count). The van der Waals surface area contributed by atoms with Crippen molar-refractivity contribution >= 4 is 56.5 Å². The number of fused-ring (bicyclic) bond motifs is 2. The van der Waals surface area contributed by atoms with Crippen molar-refractivity contribution in [3.05, 3.63) is 82.9 Å². The lowest BCUT2D eigenvalue weighted by Crippen LogP contribution is -2.26. The van der Waals surface area contributed by atoms with Crippen LogP contribution in [-0.4, -0.2) is 22.0 Å². The van der Waals surface area contributed by atoms with Gasteiger partial charge in [0, 0.05) is 22.6 Å². The molecular weight excluding hydrogens is 426 g/mol. The Balaban J connectivity index is 1.27. The van der Waals surface area contributed by atoms with Crippen LogP contribution >= 0.6 is 23.1 Å². The number of amides is 2. The van der Waals surface area contributed by atoms with Crippen LogP contribution in [0.15, 0.2) is 71.6 Å². The number of rotatable bonds is 4. The maximum Gasteiger partial charge on any atom is 0.255 e. The second-order valence-corrected chi connectivity index (χ2v) is 9.86. The van der Waals surface area contributed by atoms with Crippen molar-refractivity contribution < 1.29 is 9.59 Å². The van der Waals surface area contributed by atoms with E-state index in [1.54, 1.807) is 23.5 Å². The number of carbonyl (C=O) groups is 2. The standard InChI is InChI=1S/C24H19N3O2S2/c1-14-23(28)27-19-13-16(8-11-21(19)30-14)24(29)25-17-9-6-15(7-10-17)12-22-26-18-4-2-3-5-20(18)31-22/h2-11,13-14H,12H2,1H3,(H,25,29)(H,27,28)/t14-/m1/s1. The third-order valence-electron chi connectivity index (χ3n) is 5.08. The number of anilines is 2. The summed E-state index contributed by atoms with van der Waals surface area (Å²) < 4.78 is 1.19. The molecule has 0 unspecified atom stereocenters. The van der Waals surface area contributed by atoms with Crippen molar-refractivity contribution in [2.45, 2.75) is 23.5 Å². The Morgan fingerprint density at radius 3 is 2.71 bits per heavy atom. The molecule has 0 saturated carbocycles. The summed E-state index contributed by atoms with van der Waals surface area (Å²) in [7, 11) is 0. The van der Waals surface area contributed by atoms with Crippen LogP contribution < -0.4 is 10.6 Å². The van der Waals surface area contributed by atoms with Gasteiger partial charge in [0.15, 0.2) is 0 Å². The van der Waals surface area contributed by atoms with Gasteiger partial charge in [-0.15, -0.1) is 23.1 Å². The maximum atomic E-state index is 12.7. The first-order valence-corrected chi connectivity index (χ1v) is 11.6. The molecule has 0 fully saturated rings. The number of nitrogens with zero attached hydrogens (tertiary/aromatic N) is 1. The van der Waals surface area contributed by atoms with Crippen LogP contribution in [0.3, 0.4) is 0 Å². The molecule has 7 heteroatoms. The van der Waals surface area contributed by atoms with Gasteiger partial charge in [0.1, 0.15) is 0 Å². The minimum Gasteiger partial charge on any atom is -0.324 e. The average molecular weight is 446 g/mol. The Hall–Kier alpha value is -3.16. The second-order valence-electron chi connectivity index (χ2n) is 7.36. The van der Waals surface area contributed by atoms with Gasteiger partial charge in [-0.05, 0) is 55.0 Å². The minimum atomic E-state index is -0.209. The lowest BCUT2D eigenvalue weighted by Gasteiger charge is -2.21. The number of nitrogens with one attached hydrogen (secondary N) is 2. The van der Waals surface area contributed by atoms with Crippen LogP contribution in [0.2, 0.25) is 0 Å². The predicted octanol–water partition coefficient (Wildman–Crippen LogP) is 5.57. The largest absolute Gasteiger partial charge is 0.324 e. The highest BCUT2D eigenvalue weighted by molar-refractivity contribution is 8.00. The number of hydrogen-bond acceptors (Lipinski definition) is 5. The molecule has 4 aromatic rings. The van der Waals surface area contributed by atoms with Gasteiger partial charge in [-0.3, -0.25) is 9.59 Å². The molecule has 0 aliphatic carbocycles. The van der Waals surface area contributed by atoms with Crippen molar-refractivity contribution in [2.24, 2.45) is 0 Å². The summed E-state index contributed by atoms with van der Waals surface area (Å²) in [6, 6.07) is 21.3. The van der Waals surface area contributed by atoms with E-state index < -0.39 is 0 Å². The number of thioether (sulfide) groups is 1. The van der Waals surface area contributed by atoms with Crippen molar-refractivity contribution in [3.8, 4) is 0 Å². The van der Waals surface area contributed by atoms with Gasteiger partial charge in [-0.2, -0.15) is 0 Å². The molecule has 0 radical (unpaired) electrons. The van der Waals surface area contributed by atoms with E-state index in [2.05, 4.69) is 21.7 Å². The Bertz CT molecular complexity index is 1260. The number of para-hydroxylation sites is 1. The average Bonchev–Trinajstić information content (AvgIpc) is 3.18. The van der Waals surface area contributed by atoms with E-state index in [1.807, 2.05) is 55.5 Å². The summed E-state index contributed by atoms with van der Waals surface area (Å²) in [5.41, 5.74) is 4.09. The number of aromatic nitrogens is 1. The molecule has 0 spiro atoms. The Morgan fingerprint density at radius 2 is 1.90 bits per heavy atom. The summed E-state index contributed by atoms with van der Waals surface area (Å²) >= 11 is 3.20. The monoisotopic (exact) mass is 445 g/mol. The third-order valence-corrected chi connectivity index (χ3v) is 7.29. The molecule has 3 aromatic carbocycles. The topological polar surface area (TPSA) is 71.1 Å². The summed E-state index contributed by atoms with van der Waals surface area (Å²) in [4.78, 5) is 30.2. The molecule has 31 heavy (non-hydrogen) atoms. The zero-order chi connectivity index (χ0) is 21.4. The van der Waals surface area contributed by atoms with Crippen LogP contribution in [0.25, 0.3) is 10.2 Å². The van der Waals surface area contributed by atoms with Gasteiger partial charge in [-0.25, -0.2) is 4.98 Å². The lowest BCUT2D eigenvalue weighted by atomic mass is 10.1. The molecule has 1 aromatic heterocycles. The quantitative estimate of drug-likeness (QED) is 0.431. The first kappa shape index (κ1) is 19.8. The highest BCUT2D eigenvalue weighted by atomic mass is 32.2. The summed E-state index contributed by atoms with van der Waals surface area (Å²) in [5, 5.41) is 6.73. The van der Waals surface area contributed by atoms with Crippen molar-refractivity contribution in [1.82, 2.24) is 4.98 Å². The van der Waals surface area contributed by atoms with Gasteiger partial charge in [-0.1, -0.05) is 24.3 Å². The van der Waals surface area contributed by atoms with E-state index >= 15 is 0 Å². The molecule has 2 amide bonds. The zero-order valence-electron chi connectivity index (χ0n) is 16.7. The fraction of sp³-hybridized carbons (Fsp3) is 0.125. The number of carbonyl (C=O) groups excluding carboxylic acids is 2. The van der Waals surface area contributed by atoms with Gasteiger partial charge in [0.2, 0.25) is 5.91 Å². The normalized spacial score (nSPS) is 15.4. The Kier molecular flexibility index (Phi) is 5.21. The highest BCUT2D eigenvalue weighted by Gasteiger charge is 2.23. The van der Waals surface area contributed by atoms with E-state index in [4.69, 9.17) is 0 Å². The number of thiazole rings is 1. The van der Waals surface area contributed by atoms with E-state index in [9.17, 15) is 9.59 Å². The molecule has 2 N–H and O–H groups in total. The van der Waals surface area contributed by atoms with Crippen molar-refractivity contribution in [1.29, 1.82) is 0 Å². The molecular formula is C24H19N3O2S2. The summed E-state index contributed by atoms with van der Waals surface area (Å²) in [5.74, 6) is -0.252. The van der Waals surface area contributed by atoms with Crippen molar-refractivity contribution in [3.63, 3.8) is 0 Å². The van der Waals surface area contributed by atoms with Crippen LogP contribution in [0, 0.1) is 0 Å². The molecule has 1 aliphatic rings. The zero-order valence-corrected chi connectivity index (χ0v) is 18.3. The van der Waals surface area contributed by atoms with Crippen molar-refractivity contribution in [2.75, 3.05) is 10.6 Å². The Labute approximate surface area is 187 Å². The molecule has 0 bridgehead atoms. The predicted molar refractivity (Wildman–Crippen MR) is 127 cm³/mol. The van der Waals surface area contributed by atoms with E-state index in [0.29, 0.717) is 11.3 Å². The number of benzene rings is 3. The second kappa shape index (κ2) is 8.17.